The molecule has 6 heteroatoms. The molecule has 1 fully saturated rings. The van der Waals surface area contributed by atoms with Gasteiger partial charge < -0.3 is 5.11 Å². The highest BCUT2D eigenvalue weighted by Crippen LogP contribution is 2.42. The Balaban J connectivity index is 1.89. The Morgan fingerprint density at radius 2 is 1.71 bits per heavy atom. The summed E-state index contributed by atoms with van der Waals surface area (Å²) in [4.78, 5) is 31.6. The molecule has 1 aliphatic rings. The van der Waals surface area contributed by atoms with Crippen LogP contribution in [0, 0.1) is 5.82 Å². The van der Waals surface area contributed by atoms with Gasteiger partial charge in [0.1, 0.15) is 11.6 Å². The largest absolute Gasteiger partial charge is 0.507 e. The number of pyridine rings is 1. The second-order valence-corrected chi connectivity index (χ2v) is 7.71. The molecule has 1 aliphatic heterocycles. The molecule has 4 rings (SSSR count). The van der Waals surface area contributed by atoms with Crippen LogP contribution in [0.1, 0.15) is 42.5 Å². The number of amides is 1. The van der Waals surface area contributed by atoms with Crippen molar-refractivity contribution in [1.29, 1.82) is 0 Å². The normalized spacial score (nSPS) is 18.1. The highest BCUT2D eigenvalue weighted by Gasteiger charge is 2.47. The number of aliphatic hydroxyl groups excluding tert-OH is 1. The smallest absolute Gasteiger partial charge is 0.300 e. The second-order valence-electron chi connectivity index (χ2n) is 7.71. The predicted molar refractivity (Wildman–Crippen MR) is 116 cm³/mol. The van der Waals surface area contributed by atoms with E-state index in [4.69, 9.17) is 0 Å². The average Bonchev–Trinajstić information content (AvgIpc) is 3.05. The molecule has 5 nitrogen and oxygen atoms in total. The Morgan fingerprint density at radius 1 is 1.03 bits per heavy atom. The summed E-state index contributed by atoms with van der Waals surface area (Å²) in [5, 5.41) is 10.9. The van der Waals surface area contributed by atoms with Gasteiger partial charge in [0, 0.05) is 23.6 Å². The minimum atomic E-state index is -0.858. The Hall–Kier alpha value is -3.80. The number of benzene rings is 2. The van der Waals surface area contributed by atoms with Gasteiger partial charge in [0.2, 0.25) is 0 Å². The Labute approximate surface area is 179 Å². The minimum absolute atomic E-state index is 0.0578. The first-order valence-electron chi connectivity index (χ1n) is 9.95. The zero-order valence-corrected chi connectivity index (χ0v) is 17.1. The summed E-state index contributed by atoms with van der Waals surface area (Å²) in [6, 6.07) is 15.1. The summed E-state index contributed by atoms with van der Waals surface area (Å²) < 4.78 is 13.3. The summed E-state index contributed by atoms with van der Waals surface area (Å²) >= 11 is 0. The van der Waals surface area contributed by atoms with Gasteiger partial charge in [-0.2, -0.15) is 0 Å². The van der Waals surface area contributed by atoms with Crippen LogP contribution < -0.4 is 4.90 Å². The summed E-state index contributed by atoms with van der Waals surface area (Å²) in [5.74, 6) is -2.05. The van der Waals surface area contributed by atoms with Gasteiger partial charge in [-0.25, -0.2) is 4.39 Å². The first-order chi connectivity index (χ1) is 14.9. The van der Waals surface area contributed by atoms with Crippen molar-refractivity contribution in [1.82, 2.24) is 4.98 Å². The molecule has 2 heterocycles. The van der Waals surface area contributed by atoms with Crippen LogP contribution in [0.2, 0.25) is 0 Å². The van der Waals surface area contributed by atoms with Crippen LogP contribution in [0.5, 0.6) is 0 Å². The molecule has 1 aromatic heterocycles. The number of hydrogen-bond acceptors (Lipinski definition) is 4. The van der Waals surface area contributed by atoms with Gasteiger partial charge in [-0.15, -0.1) is 0 Å². The van der Waals surface area contributed by atoms with Crippen LogP contribution in [-0.4, -0.2) is 21.8 Å². The average molecular weight is 416 g/mol. The molecule has 1 unspecified atom stereocenters. The van der Waals surface area contributed by atoms with Gasteiger partial charge in [0.05, 0.1) is 11.6 Å². The van der Waals surface area contributed by atoms with E-state index in [1.165, 1.54) is 29.2 Å². The molecule has 0 bridgehead atoms. The number of carbonyl (C=O) groups is 2. The number of anilines is 1. The van der Waals surface area contributed by atoms with E-state index in [0.29, 0.717) is 17.2 Å². The Kier molecular flexibility index (Phi) is 5.38. The highest BCUT2D eigenvalue weighted by atomic mass is 19.1. The lowest BCUT2D eigenvalue weighted by atomic mass is 9.96. The monoisotopic (exact) mass is 416 g/mol. The van der Waals surface area contributed by atoms with E-state index < -0.39 is 23.5 Å². The molecule has 2 aromatic carbocycles. The maximum absolute atomic E-state index is 13.3. The number of halogens is 1. The van der Waals surface area contributed by atoms with Crippen molar-refractivity contribution < 1.29 is 19.1 Å². The van der Waals surface area contributed by atoms with Crippen molar-refractivity contribution in [3.8, 4) is 0 Å². The molecule has 0 spiro atoms. The fourth-order valence-electron chi connectivity index (χ4n) is 3.74. The first-order valence-corrected chi connectivity index (χ1v) is 9.95. The maximum atomic E-state index is 13.3. The lowest BCUT2D eigenvalue weighted by Crippen LogP contribution is -2.29. The number of Topliss-reactive ketones (excluding diaryl/α,β-unsaturated/α-hetero) is 1. The molecular formula is C25H21FN2O3. The van der Waals surface area contributed by atoms with E-state index >= 15 is 0 Å². The van der Waals surface area contributed by atoms with Crippen molar-refractivity contribution in [2.75, 3.05) is 4.90 Å². The molecule has 1 atom stereocenters. The standard InChI is InChI=1S/C25H21FN2O3/c1-15(2)16-7-11-20(12-8-16)28-22(18-4-3-13-27-14-18)21(24(30)25(28)31)23(29)17-5-9-19(26)10-6-17/h3-15,22,29H,1-2H3/b23-21+. The van der Waals surface area contributed by atoms with Gasteiger partial charge >= 0.3 is 0 Å². The third-order valence-corrected chi connectivity index (χ3v) is 5.40. The van der Waals surface area contributed by atoms with Gasteiger partial charge in [0.15, 0.2) is 0 Å². The number of aliphatic hydroxyl groups is 1. The third-order valence-electron chi connectivity index (χ3n) is 5.40. The third kappa shape index (κ3) is 3.72. The van der Waals surface area contributed by atoms with Crippen LogP contribution in [0.4, 0.5) is 10.1 Å². The number of aromatic nitrogens is 1. The van der Waals surface area contributed by atoms with Crippen molar-refractivity contribution in [2.45, 2.75) is 25.8 Å². The van der Waals surface area contributed by atoms with E-state index in [-0.39, 0.29) is 16.9 Å². The zero-order chi connectivity index (χ0) is 22.1. The maximum Gasteiger partial charge on any atom is 0.300 e. The summed E-state index contributed by atoms with van der Waals surface area (Å²) in [6.45, 7) is 4.14. The molecule has 0 radical (unpaired) electrons. The van der Waals surface area contributed by atoms with E-state index in [1.807, 2.05) is 12.1 Å². The van der Waals surface area contributed by atoms with Crippen LogP contribution in [0.25, 0.3) is 5.76 Å². The summed E-state index contributed by atoms with van der Waals surface area (Å²) in [7, 11) is 0. The highest BCUT2D eigenvalue weighted by molar-refractivity contribution is 6.51. The lowest BCUT2D eigenvalue weighted by Gasteiger charge is -2.25. The lowest BCUT2D eigenvalue weighted by molar-refractivity contribution is -0.132. The molecule has 1 amide bonds. The fraction of sp³-hybridized carbons (Fsp3) is 0.160. The number of hydrogen-bond donors (Lipinski definition) is 1. The quantitative estimate of drug-likeness (QED) is 0.370. The van der Waals surface area contributed by atoms with Crippen LogP contribution in [0.15, 0.2) is 78.6 Å². The predicted octanol–water partition coefficient (Wildman–Crippen LogP) is 4.97. The Bertz CT molecular complexity index is 1150. The summed E-state index contributed by atoms with van der Waals surface area (Å²) in [5.41, 5.74) is 2.42. The zero-order valence-electron chi connectivity index (χ0n) is 17.1. The van der Waals surface area contributed by atoms with E-state index in [0.717, 1.165) is 5.56 Å². The number of ketones is 1. The van der Waals surface area contributed by atoms with E-state index in [1.54, 1.807) is 36.7 Å². The van der Waals surface area contributed by atoms with E-state index in [2.05, 4.69) is 18.8 Å². The summed E-state index contributed by atoms with van der Waals surface area (Å²) in [6.07, 6.45) is 3.15. The SMILES string of the molecule is CC(C)c1ccc(N2C(=O)C(=O)/C(=C(/O)c3ccc(F)cc3)C2c2cccnc2)cc1. The van der Waals surface area contributed by atoms with Crippen molar-refractivity contribution in [3.63, 3.8) is 0 Å². The molecule has 3 aromatic rings. The minimum Gasteiger partial charge on any atom is -0.507 e. The van der Waals surface area contributed by atoms with Crippen molar-refractivity contribution in [3.05, 3.63) is 101 Å². The molecule has 1 N–H and O–H groups in total. The molecule has 156 valence electrons. The molecule has 31 heavy (non-hydrogen) atoms. The Morgan fingerprint density at radius 3 is 2.29 bits per heavy atom. The number of nitrogens with zero attached hydrogens (tertiary/aromatic N) is 2. The van der Waals surface area contributed by atoms with Crippen LogP contribution >= 0.6 is 0 Å². The second kappa shape index (κ2) is 8.14. The topological polar surface area (TPSA) is 70.5 Å². The van der Waals surface area contributed by atoms with Gasteiger partial charge in [-0.1, -0.05) is 32.0 Å². The van der Waals surface area contributed by atoms with Crippen molar-refractivity contribution >= 4 is 23.1 Å². The van der Waals surface area contributed by atoms with E-state index in [9.17, 15) is 19.1 Å². The van der Waals surface area contributed by atoms with Crippen LogP contribution in [-0.2, 0) is 9.59 Å². The van der Waals surface area contributed by atoms with Gasteiger partial charge in [-0.05, 0) is 59.5 Å². The van der Waals surface area contributed by atoms with Gasteiger partial charge in [0.25, 0.3) is 11.7 Å². The van der Waals surface area contributed by atoms with Crippen LogP contribution in [0.3, 0.4) is 0 Å². The molecule has 1 saturated heterocycles. The first kappa shape index (κ1) is 20.5. The fourth-order valence-corrected chi connectivity index (χ4v) is 3.74. The number of rotatable bonds is 4. The van der Waals surface area contributed by atoms with Crippen molar-refractivity contribution in [2.24, 2.45) is 0 Å². The van der Waals surface area contributed by atoms with Gasteiger partial charge in [-0.3, -0.25) is 19.5 Å². The molecule has 0 aliphatic carbocycles. The molecular weight excluding hydrogens is 395 g/mol. The number of carbonyl (C=O) groups excluding carboxylic acids is 2. The molecule has 0 saturated carbocycles.